The van der Waals surface area contributed by atoms with Crippen molar-refractivity contribution in [1.82, 2.24) is 5.32 Å². The molecule has 0 aliphatic heterocycles. The van der Waals surface area contributed by atoms with Gasteiger partial charge in [-0.1, -0.05) is 18.2 Å². The Balaban J connectivity index is 2.01. The lowest BCUT2D eigenvalue weighted by atomic mass is 10.1. The lowest BCUT2D eigenvalue weighted by Crippen LogP contribution is -2.29. The number of methoxy groups -OCH3 is 1. The van der Waals surface area contributed by atoms with Gasteiger partial charge in [0.1, 0.15) is 5.82 Å². The normalized spacial score (nSPS) is 18.3. The summed E-state index contributed by atoms with van der Waals surface area (Å²) in [4.78, 5) is 0. The van der Waals surface area contributed by atoms with Gasteiger partial charge in [-0.05, 0) is 25.8 Å². The monoisotopic (exact) mass is 267 g/mol. The van der Waals surface area contributed by atoms with E-state index in [2.05, 4.69) is 5.32 Å². The number of halogens is 1. The van der Waals surface area contributed by atoms with Crippen molar-refractivity contribution in [2.24, 2.45) is 0 Å². The number of nitrogens with one attached hydrogen (secondary N) is 1. The summed E-state index contributed by atoms with van der Waals surface area (Å²) < 4.78 is 24.9. The highest BCUT2D eigenvalue weighted by molar-refractivity contribution is 5.20. The number of benzene rings is 1. The van der Waals surface area contributed by atoms with Crippen molar-refractivity contribution >= 4 is 0 Å². The van der Waals surface area contributed by atoms with Gasteiger partial charge in [-0.25, -0.2) is 4.39 Å². The maximum atomic E-state index is 13.9. The van der Waals surface area contributed by atoms with Crippen LogP contribution in [0.4, 0.5) is 4.39 Å². The third-order valence-corrected chi connectivity index (χ3v) is 3.22. The van der Waals surface area contributed by atoms with Gasteiger partial charge < -0.3 is 14.8 Å². The van der Waals surface area contributed by atoms with Gasteiger partial charge in [-0.2, -0.15) is 0 Å². The van der Waals surface area contributed by atoms with Crippen molar-refractivity contribution in [3.63, 3.8) is 0 Å². The summed E-state index contributed by atoms with van der Waals surface area (Å²) in [6, 6.07) is 7.38. The summed E-state index contributed by atoms with van der Waals surface area (Å²) in [5.41, 5.74) is 0.610. The molecule has 1 aliphatic carbocycles. The Hall–Kier alpha value is -0.970. The van der Waals surface area contributed by atoms with Gasteiger partial charge in [0.05, 0.1) is 18.8 Å². The highest BCUT2D eigenvalue weighted by atomic mass is 19.1. The van der Waals surface area contributed by atoms with Gasteiger partial charge in [-0.15, -0.1) is 0 Å². The second kappa shape index (κ2) is 6.98. The second-order valence-electron chi connectivity index (χ2n) is 5.09. The molecule has 1 N–H and O–H groups in total. The summed E-state index contributed by atoms with van der Waals surface area (Å²) in [5.74, 6) is -0.213. The third kappa shape index (κ3) is 4.56. The summed E-state index contributed by atoms with van der Waals surface area (Å²) in [5, 5.41) is 3.40. The molecule has 3 nitrogen and oxygen atoms in total. The molecule has 0 spiro atoms. The minimum absolute atomic E-state index is 0.0596. The maximum Gasteiger partial charge on any atom is 0.129 e. The maximum absolute atomic E-state index is 13.9. The second-order valence-corrected chi connectivity index (χ2v) is 5.09. The van der Waals surface area contributed by atoms with Crippen LogP contribution in [0.1, 0.15) is 31.4 Å². The molecule has 4 heteroatoms. The fourth-order valence-corrected chi connectivity index (χ4v) is 2.08. The van der Waals surface area contributed by atoms with Crippen molar-refractivity contribution in [1.29, 1.82) is 0 Å². The molecule has 1 aromatic rings. The first-order valence-corrected chi connectivity index (χ1v) is 6.83. The van der Waals surface area contributed by atoms with Gasteiger partial charge in [0.25, 0.3) is 0 Å². The van der Waals surface area contributed by atoms with Crippen LogP contribution in [0.2, 0.25) is 0 Å². The largest absolute Gasteiger partial charge is 0.382 e. The number of hydrogen-bond donors (Lipinski definition) is 1. The summed E-state index contributed by atoms with van der Waals surface area (Å²) >= 11 is 0. The Morgan fingerprint density at radius 1 is 1.37 bits per heavy atom. The van der Waals surface area contributed by atoms with Crippen LogP contribution in [0.15, 0.2) is 24.3 Å². The Morgan fingerprint density at radius 2 is 2.11 bits per heavy atom. The Kier molecular flexibility index (Phi) is 5.31. The van der Waals surface area contributed by atoms with Crippen LogP contribution in [-0.4, -0.2) is 32.4 Å². The first-order chi connectivity index (χ1) is 9.20. The Bertz CT molecular complexity index is 395. The molecule has 19 heavy (non-hydrogen) atoms. The van der Waals surface area contributed by atoms with Crippen LogP contribution < -0.4 is 5.32 Å². The minimum atomic E-state index is -0.271. The van der Waals surface area contributed by atoms with E-state index in [0.29, 0.717) is 24.8 Å². The Labute approximate surface area is 114 Å². The molecular weight excluding hydrogens is 245 g/mol. The summed E-state index contributed by atoms with van der Waals surface area (Å²) in [6.07, 6.45) is 2.08. The fourth-order valence-electron chi connectivity index (χ4n) is 2.08. The molecule has 0 saturated heterocycles. The zero-order chi connectivity index (χ0) is 13.7. The predicted octanol–water partition coefficient (Wildman–Crippen LogP) is 2.67. The van der Waals surface area contributed by atoms with E-state index in [1.165, 1.54) is 18.9 Å². The van der Waals surface area contributed by atoms with Crippen molar-refractivity contribution in [2.45, 2.75) is 38.0 Å². The highest BCUT2D eigenvalue weighted by Crippen LogP contribution is 2.24. The molecule has 0 amide bonds. The molecule has 2 atom stereocenters. The van der Waals surface area contributed by atoms with Gasteiger partial charge in [0.15, 0.2) is 0 Å². The van der Waals surface area contributed by atoms with Crippen molar-refractivity contribution < 1.29 is 13.9 Å². The van der Waals surface area contributed by atoms with Gasteiger partial charge in [0.2, 0.25) is 0 Å². The quantitative estimate of drug-likeness (QED) is 0.785. The zero-order valence-corrected chi connectivity index (χ0v) is 11.6. The van der Waals surface area contributed by atoms with Gasteiger partial charge >= 0.3 is 0 Å². The third-order valence-electron chi connectivity index (χ3n) is 3.22. The van der Waals surface area contributed by atoms with E-state index in [1.54, 1.807) is 19.2 Å². The van der Waals surface area contributed by atoms with Gasteiger partial charge in [-0.3, -0.25) is 0 Å². The van der Waals surface area contributed by atoms with Crippen LogP contribution in [0.25, 0.3) is 0 Å². The lowest BCUT2D eigenvalue weighted by molar-refractivity contribution is -0.0407. The van der Waals surface area contributed by atoms with E-state index >= 15 is 0 Å². The minimum Gasteiger partial charge on any atom is -0.382 e. The first-order valence-electron chi connectivity index (χ1n) is 6.83. The molecule has 2 rings (SSSR count). The van der Waals surface area contributed by atoms with E-state index in [-0.39, 0.29) is 18.0 Å². The van der Waals surface area contributed by atoms with E-state index in [4.69, 9.17) is 9.47 Å². The topological polar surface area (TPSA) is 30.5 Å². The van der Waals surface area contributed by atoms with Crippen LogP contribution in [0, 0.1) is 5.82 Å². The molecule has 0 bridgehead atoms. The van der Waals surface area contributed by atoms with Crippen LogP contribution in [-0.2, 0) is 9.47 Å². The van der Waals surface area contributed by atoms with E-state index < -0.39 is 0 Å². The van der Waals surface area contributed by atoms with E-state index in [9.17, 15) is 4.39 Å². The van der Waals surface area contributed by atoms with Gasteiger partial charge in [0, 0.05) is 25.3 Å². The highest BCUT2D eigenvalue weighted by Gasteiger charge is 2.24. The molecule has 0 aromatic heterocycles. The molecule has 0 heterocycles. The molecule has 106 valence electrons. The number of rotatable bonds is 8. The first kappa shape index (κ1) is 14.4. The molecule has 1 aliphatic rings. The smallest absolute Gasteiger partial charge is 0.129 e. The van der Waals surface area contributed by atoms with Crippen LogP contribution in [0.5, 0.6) is 0 Å². The average Bonchev–Trinajstić information content (AvgIpc) is 3.19. The van der Waals surface area contributed by atoms with Crippen LogP contribution >= 0.6 is 0 Å². The zero-order valence-electron chi connectivity index (χ0n) is 11.6. The number of hydrogen-bond acceptors (Lipinski definition) is 3. The van der Waals surface area contributed by atoms with E-state index in [1.807, 2.05) is 13.0 Å². The fraction of sp³-hybridized carbons (Fsp3) is 0.600. The molecule has 0 radical (unpaired) electrons. The lowest BCUT2D eigenvalue weighted by Gasteiger charge is -2.23. The molecular formula is C15H22FNO2. The average molecular weight is 267 g/mol. The van der Waals surface area contributed by atoms with E-state index in [0.717, 1.165) is 0 Å². The standard InChI is InChI=1S/C15H22FNO2/c1-11(10-18-2)19-15(9-17-12-7-8-12)13-5-3-4-6-14(13)16/h3-6,11-12,15,17H,7-10H2,1-2H3. The number of ether oxygens (including phenoxy) is 2. The van der Waals surface area contributed by atoms with Crippen molar-refractivity contribution in [2.75, 3.05) is 20.3 Å². The van der Waals surface area contributed by atoms with Crippen molar-refractivity contribution in [3.05, 3.63) is 35.6 Å². The Morgan fingerprint density at radius 3 is 2.74 bits per heavy atom. The molecule has 1 aromatic carbocycles. The summed E-state index contributed by atoms with van der Waals surface area (Å²) in [6.45, 7) is 3.09. The molecule has 1 fully saturated rings. The predicted molar refractivity (Wildman–Crippen MR) is 72.6 cm³/mol. The SMILES string of the molecule is COCC(C)OC(CNC1CC1)c1ccccc1F. The summed E-state index contributed by atoms with van der Waals surface area (Å²) in [7, 11) is 1.64. The molecule has 1 saturated carbocycles. The molecule has 2 unspecified atom stereocenters. The van der Waals surface area contributed by atoms with Crippen molar-refractivity contribution in [3.8, 4) is 0 Å². The van der Waals surface area contributed by atoms with Crippen LogP contribution in [0.3, 0.4) is 0 Å².